The van der Waals surface area contributed by atoms with Crippen LogP contribution in [0.5, 0.6) is 0 Å². The minimum absolute atomic E-state index is 0.737. The van der Waals surface area contributed by atoms with Gasteiger partial charge in [-0.1, -0.05) is 36.2 Å². The first-order chi connectivity index (χ1) is 9.02. The van der Waals surface area contributed by atoms with Gasteiger partial charge in [0.1, 0.15) is 9.31 Å². The molecule has 0 spiro atoms. The van der Waals surface area contributed by atoms with Crippen LogP contribution in [-0.4, -0.2) is 23.4 Å². The van der Waals surface area contributed by atoms with Crippen LogP contribution in [0, 0.1) is 0 Å². The van der Waals surface area contributed by atoms with Crippen molar-refractivity contribution in [3.63, 3.8) is 0 Å². The third-order valence-electron chi connectivity index (χ3n) is 2.57. The first-order valence-electron chi connectivity index (χ1n) is 5.48. The van der Waals surface area contributed by atoms with Gasteiger partial charge in [0.25, 0.3) is 0 Å². The predicted molar refractivity (Wildman–Crippen MR) is 97.9 cm³/mol. The van der Waals surface area contributed by atoms with Crippen LogP contribution in [0.25, 0.3) is 15.5 Å². The van der Waals surface area contributed by atoms with Crippen LogP contribution >= 0.6 is 58.9 Å². The van der Waals surface area contributed by atoms with Crippen molar-refractivity contribution in [2.45, 2.75) is 0 Å². The van der Waals surface area contributed by atoms with Crippen molar-refractivity contribution >= 4 is 88.7 Å². The second-order valence-corrected chi connectivity index (χ2v) is 8.51. The Kier molecular flexibility index (Phi) is 3.65. The summed E-state index contributed by atoms with van der Waals surface area (Å²) in [5.74, 6) is 0. The molecule has 98 valence electrons. The summed E-state index contributed by atoms with van der Waals surface area (Å²) < 4.78 is 3.39. The summed E-state index contributed by atoms with van der Waals surface area (Å²) >= 11 is 15.5. The average molecular weight is 343 g/mol. The third-order valence-corrected chi connectivity index (χ3v) is 6.61. The molecule has 0 unspecified atom stereocenters. The SMILES string of the molecule is CN(C)c1cc2sc(/C=C3\SC(=S)NC3=S)cc2s1. The van der Waals surface area contributed by atoms with E-state index in [1.165, 1.54) is 31.0 Å². The molecule has 0 saturated carbocycles. The Bertz CT molecular complexity index is 675. The molecule has 1 aliphatic heterocycles. The van der Waals surface area contributed by atoms with Gasteiger partial charge in [-0.15, -0.1) is 22.7 Å². The fourth-order valence-corrected chi connectivity index (χ4v) is 5.49. The molecule has 1 aliphatic rings. The zero-order valence-corrected chi connectivity index (χ0v) is 14.3. The Labute approximate surface area is 134 Å². The lowest BCUT2D eigenvalue weighted by molar-refractivity contribution is 1.16. The average Bonchev–Trinajstić information content (AvgIpc) is 2.92. The molecule has 0 bridgehead atoms. The lowest BCUT2D eigenvalue weighted by Crippen LogP contribution is -2.15. The quantitative estimate of drug-likeness (QED) is 0.644. The van der Waals surface area contributed by atoms with Gasteiger partial charge in [0, 0.05) is 28.4 Å². The normalized spacial score (nSPS) is 17.5. The van der Waals surface area contributed by atoms with Crippen molar-refractivity contribution in [1.29, 1.82) is 0 Å². The van der Waals surface area contributed by atoms with E-state index < -0.39 is 0 Å². The number of nitrogens with one attached hydrogen (secondary N) is 1. The lowest BCUT2D eigenvalue weighted by Gasteiger charge is -2.06. The van der Waals surface area contributed by atoms with Gasteiger partial charge >= 0.3 is 0 Å². The Morgan fingerprint density at radius 2 is 1.89 bits per heavy atom. The highest BCUT2D eigenvalue weighted by Gasteiger charge is 2.18. The number of hydrogen-bond donors (Lipinski definition) is 1. The monoisotopic (exact) mass is 342 g/mol. The topological polar surface area (TPSA) is 15.3 Å². The number of hydrogen-bond acceptors (Lipinski definition) is 6. The van der Waals surface area contributed by atoms with Gasteiger partial charge in [-0.25, -0.2) is 0 Å². The minimum atomic E-state index is 0.737. The number of thiophene rings is 2. The maximum absolute atomic E-state index is 5.24. The van der Waals surface area contributed by atoms with Crippen molar-refractivity contribution < 1.29 is 0 Å². The van der Waals surface area contributed by atoms with E-state index in [2.05, 4.69) is 42.5 Å². The van der Waals surface area contributed by atoms with Crippen molar-refractivity contribution in [1.82, 2.24) is 5.32 Å². The summed E-state index contributed by atoms with van der Waals surface area (Å²) in [6, 6.07) is 4.45. The summed E-state index contributed by atoms with van der Waals surface area (Å²) in [7, 11) is 4.14. The van der Waals surface area contributed by atoms with Crippen LogP contribution in [0.4, 0.5) is 5.00 Å². The van der Waals surface area contributed by atoms with Gasteiger partial charge in [-0.2, -0.15) is 0 Å². The van der Waals surface area contributed by atoms with E-state index in [1.807, 2.05) is 11.3 Å². The Balaban J connectivity index is 1.94. The first kappa shape index (κ1) is 13.5. The predicted octanol–water partition coefficient (Wildman–Crippen LogP) is 4.32. The largest absolute Gasteiger partial charge is 0.370 e. The van der Waals surface area contributed by atoms with Crippen LogP contribution in [0.15, 0.2) is 17.0 Å². The molecule has 0 atom stereocenters. The first-order valence-corrected chi connectivity index (χ1v) is 8.75. The Morgan fingerprint density at radius 1 is 1.16 bits per heavy atom. The molecule has 0 aliphatic carbocycles. The summed E-state index contributed by atoms with van der Waals surface area (Å²) in [6.45, 7) is 0. The highest BCUT2D eigenvalue weighted by atomic mass is 32.2. The Morgan fingerprint density at radius 3 is 2.47 bits per heavy atom. The summed E-state index contributed by atoms with van der Waals surface area (Å²) in [6.07, 6.45) is 2.12. The molecule has 7 heteroatoms. The smallest absolute Gasteiger partial charge is 0.143 e. The van der Waals surface area contributed by atoms with E-state index in [-0.39, 0.29) is 0 Å². The molecule has 3 heterocycles. The summed E-state index contributed by atoms with van der Waals surface area (Å²) in [5, 5.41) is 4.28. The second kappa shape index (κ2) is 5.14. The van der Waals surface area contributed by atoms with Crippen LogP contribution in [0.1, 0.15) is 4.88 Å². The van der Waals surface area contributed by atoms with Crippen LogP contribution in [0.2, 0.25) is 0 Å². The van der Waals surface area contributed by atoms with Gasteiger partial charge in [-0.05, 0) is 18.2 Å². The molecule has 2 nitrogen and oxygen atoms in total. The molecule has 1 saturated heterocycles. The van der Waals surface area contributed by atoms with Gasteiger partial charge in [0.05, 0.1) is 9.91 Å². The fourth-order valence-electron chi connectivity index (χ4n) is 1.68. The van der Waals surface area contributed by atoms with Crippen LogP contribution in [0.3, 0.4) is 0 Å². The van der Waals surface area contributed by atoms with Crippen LogP contribution in [-0.2, 0) is 0 Å². The highest BCUT2D eigenvalue weighted by Crippen LogP contribution is 2.39. The standard InChI is InChI=1S/C12H10N2S5/c1-14(2)10-5-8-7(18-10)3-6(17-8)4-9-11(15)13-12(16)19-9/h3-5H,1-2H3,(H,13,15,16)/b9-4-. The molecule has 2 aromatic heterocycles. The maximum Gasteiger partial charge on any atom is 0.143 e. The van der Waals surface area contributed by atoms with Crippen molar-refractivity contribution in [3.8, 4) is 0 Å². The molecule has 0 aromatic carbocycles. The zero-order chi connectivity index (χ0) is 13.6. The minimum Gasteiger partial charge on any atom is -0.370 e. The molecular weight excluding hydrogens is 332 g/mol. The number of thiocarbonyl (C=S) groups is 2. The molecule has 3 rings (SSSR count). The molecule has 1 fully saturated rings. The van der Waals surface area contributed by atoms with E-state index in [9.17, 15) is 0 Å². The number of rotatable bonds is 2. The summed E-state index contributed by atoms with van der Waals surface area (Å²) in [4.78, 5) is 5.14. The van der Waals surface area contributed by atoms with E-state index in [4.69, 9.17) is 24.4 Å². The van der Waals surface area contributed by atoms with E-state index in [0.29, 0.717) is 0 Å². The summed E-state index contributed by atoms with van der Waals surface area (Å²) in [5.41, 5.74) is 0. The van der Waals surface area contributed by atoms with Gasteiger partial charge in [-0.3, -0.25) is 0 Å². The van der Waals surface area contributed by atoms with E-state index >= 15 is 0 Å². The molecule has 0 amide bonds. The molecule has 0 radical (unpaired) electrons. The molecule has 19 heavy (non-hydrogen) atoms. The molecule has 2 aromatic rings. The highest BCUT2D eigenvalue weighted by molar-refractivity contribution is 8.27. The number of anilines is 1. The number of fused-ring (bicyclic) bond motifs is 1. The lowest BCUT2D eigenvalue weighted by atomic mass is 10.4. The van der Waals surface area contributed by atoms with E-state index in [0.717, 1.165) is 14.2 Å². The van der Waals surface area contributed by atoms with Gasteiger partial charge in [0.2, 0.25) is 0 Å². The van der Waals surface area contributed by atoms with Gasteiger partial charge < -0.3 is 10.2 Å². The van der Waals surface area contributed by atoms with Gasteiger partial charge in [0.15, 0.2) is 0 Å². The molecule has 1 N–H and O–H groups in total. The van der Waals surface area contributed by atoms with E-state index in [1.54, 1.807) is 11.3 Å². The fraction of sp³-hybridized carbons (Fsp3) is 0.167. The van der Waals surface area contributed by atoms with Crippen molar-refractivity contribution in [2.24, 2.45) is 0 Å². The molecular formula is C12H10N2S5. The third kappa shape index (κ3) is 2.71. The number of nitrogens with zero attached hydrogens (tertiary/aromatic N) is 1. The zero-order valence-electron chi connectivity index (χ0n) is 10.2. The van der Waals surface area contributed by atoms with Crippen molar-refractivity contribution in [2.75, 3.05) is 19.0 Å². The van der Waals surface area contributed by atoms with Crippen LogP contribution < -0.4 is 10.2 Å². The Hall–Kier alpha value is -0.470. The van der Waals surface area contributed by atoms with Crippen molar-refractivity contribution in [3.05, 3.63) is 21.9 Å². The second-order valence-electron chi connectivity index (χ2n) is 4.21. The number of thioether (sulfide) groups is 1. The maximum atomic E-state index is 5.24.